The molecule has 1 N–H and O–H groups in total. The maximum atomic E-state index is 13.2. The highest BCUT2D eigenvalue weighted by molar-refractivity contribution is 7.89. The number of carbonyl (C=O) groups excluding carboxylic acids is 1. The average molecular weight is 481 g/mol. The Labute approximate surface area is 194 Å². The third-order valence-electron chi connectivity index (χ3n) is 5.69. The lowest BCUT2D eigenvalue weighted by Crippen LogP contribution is -2.39. The molecule has 174 valence electrons. The van der Waals surface area contributed by atoms with Crippen molar-refractivity contribution in [2.45, 2.75) is 37.6 Å². The summed E-state index contributed by atoms with van der Waals surface area (Å²) in [6.07, 6.45) is 1.80. The molecule has 0 aliphatic carbocycles. The van der Waals surface area contributed by atoms with Crippen molar-refractivity contribution in [3.05, 3.63) is 52.5 Å². The monoisotopic (exact) mass is 480 g/mol. The fourth-order valence-electron chi connectivity index (χ4n) is 3.88. The number of ether oxygens (including phenoxy) is 2. The first-order valence-electron chi connectivity index (χ1n) is 10.5. The van der Waals surface area contributed by atoms with Crippen LogP contribution < -0.4 is 14.8 Å². The lowest BCUT2D eigenvalue weighted by molar-refractivity contribution is 0.0939. The van der Waals surface area contributed by atoms with Crippen LogP contribution in [0, 0.1) is 5.92 Å². The van der Waals surface area contributed by atoms with Crippen molar-refractivity contribution >= 4 is 27.5 Å². The number of halogens is 1. The standard InChI is InChI=1S/C23H29ClN2O5S/c1-15-6-5-11-26(14-15)32(28,29)22-12-17(7-10-20(22)24)23(27)25-16(2)19-9-8-18(30-3)13-21(19)31-4/h7-10,12-13,15-16H,5-6,11,14H2,1-4H3,(H,25,27). The Morgan fingerprint density at radius 3 is 2.59 bits per heavy atom. The largest absolute Gasteiger partial charge is 0.497 e. The van der Waals surface area contributed by atoms with E-state index >= 15 is 0 Å². The van der Waals surface area contributed by atoms with Crippen LogP contribution in [0.25, 0.3) is 0 Å². The maximum Gasteiger partial charge on any atom is 0.251 e. The zero-order valence-corrected chi connectivity index (χ0v) is 20.3. The van der Waals surface area contributed by atoms with Crippen molar-refractivity contribution in [2.75, 3.05) is 27.3 Å². The van der Waals surface area contributed by atoms with Gasteiger partial charge in [0, 0.05) is 30.3 Å². The molecule has 2 atom stereocenters. The second kappa shape index (κ2) is 10.1. The van der Waals surface area contributed by atoms with Crippen molar-refractivity contribution in [3.63, 3.8) is 0 Å². The van der Waals surface area contributed by atoms with Gasteiger partial charge in [0.05, 0.1) is 25.3 Å². The van der Waals surface area contributed by atoms with Gasteiger partial charge in [-0.25, -0.2) is 8.42 Å². The van der Waals surface area contributed by atoms with Crippen molar-refractivity contribution in [1.82, 2.24) is 9.62 Å². The number of amides is 1. The Hall–Kier alpha value is -2.29. The summed E-state index contributed by atoms with van der Waals surface area (Å²) in [4.78, 5) is 12.9. The minimum absolute atomic E-state index is 0.0457. The molecule has 3 rings (SSSR count). The molecule has 1 saturated heterocycles. The van der Waals surface area contributed by atoms with Gasteiger partial charge >= 0.3 is 0 Å². The second-order valence-electron chi connectivity index (χ2n) is 8.06. The summed E-state index contributed by atoms with van der Waals surface area (Å²) in [6.45, 7) is 4.75. The van der Waals surface area contributed by atoms with Crippen molar-refractivity contribution < 1.29 is 22.7 Å². The van der Waals surface area contributed by atoms with E-state index in [1.165, 1.54) is 22.5 Å². The van der Waals surface area contributed by atoms with E-state index in [1.54, 1.807) is 26.4 Å². The molecule has 0 radical (unpaired) electrons. The van der Waals surface area contributed by atoms with E-state index < -0.39 is 15.9 Å². The number of hydrogen-bond donors (Lipinski definition) is 1. The first-order chi connectivity index (χ1) is 15.2. The molecule has 1 aliphatic heterocycles. The number of methoxy groups -OCH3 is 2. The predicted molar refractivity (Wildman–Crippen MR) is 124 cm³/mol. The minimum Gasteiger partial charge on any atom is -0.497 e. The first kappa shape index (κ1) is 24.4. The van der Waals surface area contributed by atoms with Crippen LogP contribution in [-0.4, -0.2) is 45.9 Å². The van der Waals surface area contributed by atoms with Gasteiger partial charge in [-0.3, -0.25) is 4.79 Å². The van der Waals surface area contributed by atoms with Crippen LogP contribution in [0.15, 0.2) is 41.3 Å². The number of nitrogens with zero attached hydrogens (tertiary/aromatic N) is 1. The van der Waals surface area contributed by atoms with Gasteiger partial charge in [0.25, 0.3) is 5.91 Å². The Kier molecular flexibility index (Phi) is 7.69. The van der Waals surface area contributed by atoms with E-state index in [4.69, 9.17) is 21.1 Å². The molecule has 1 aliphatic rings. The molecule has 0 saturated carbocycles. The molecular weight excluding hydrogens is 452 g/mol. The third-order valence-corrected chi connectivity index (χ3v) is 8.03. The molecule has 0 spiro atoms. The highest BCUT2D eigenvalue weighted by Crippen LogP contribution is 2.31. The van der Waals surface area contributed by atoms with Crippen LogP contribution in [0.3, 0.4) is 0 Å². The Morgan fingerprint density at radius 2 is 1.94 bits per heavy atom. The van der Waals surface area contributed by atoms with E-state index in [0.717, 1.165) is 18.4 Å². The summed E-state index contributed by atoms with van der Waals surface area (Å²) in [7, 11) is -0.681. The summed E-state index contributed by atoms with van der Waals surface area (Å²) >= 11 is 6.24. The third kappa shape index (κ3) is 5.19. The minimum atomic E-state index is -3.79. The highest BCUT2D eigenvalue weighted by Gasteiger charge is 2.31. The number of nitrogens with one attached hydrogen (secondary N) is 1. The molecule has 1 amide bonds. The van der Waals surface area contributed by atoms with Crippen molar-refractivity contribution in [1.29, 1.82) is 0 Å². The van der Waals surface area contributed by atoms with Crippen LogP contribution in [0.2, 0.25) is 5.02 Å². The number of carbonyl (C=O) groups is 1. The van der Waals surface area contributed by atoms with E-state index in [0.29, 0.717) is 24.6 Å². The Balaban J connectivity index is 1.84. The molecule has 32 heavy (non-hydrogen) atoms. The molecule has 1 heterocycles. The fraction of sp³-hybridized carbons (Fsp3) is 0.435. The maximum absolute atomic E-state index is 13.2. The molecule has 0 aromatic heterocycles. The van der Waals surface area contributed by atoms with Crippen LogP contribution in [0.4, 0.5) is 0 Å². The number of rotatable bonds is 7. The van der Waals surface area contributed by atoms with Crippen molar-refractivity contribution in [3.8, 4) is 11.5 Å². The number of benzene rings is 2. The molecule has 2 aromatic carbocycles. The zero-order valence-electron chi connectivity index (χ0n) is 18.7. The van der Waals surface area contributed by atoms with E-state index in [2.05, 4.69) is 5.32 Å². The lowest BCUT2D eigenvalue weighted by Gasteiger charge is -2.30. The van der Waals surface area contributed by atoms with Crippen LogP contribution in [-0.2, 0) is 10.0 Å². The first-order valence-corrected chi connectivity index (χ1v) is 12.3. The highest BCUT2D eigenvalue weighted by atomic mass is 35.5. The van der Waals surface area contributed by atoms with Gasteiger partial charge in [0.1, 0.15) is 16.4 Å². The molecule has 1 fully saturated rings. The Morgan fingerprint density at radius 1 is 1.19 bits per heavy atom. The SMILES string of the molecule is COc1ccc(C(C)NC(=O)c2ccc(Cl)c(S(=O)(=O)N3CCCC(C)C3)c2)c(OC)c1. The molecule has 9 heteroatoms. The zero-order chi connectivity index (χ0) is 23.5. The Bertz CT molecular complexity index is 1090. The van der Waals surface area contributed by atoms with Gasteiger partial charge in [-0.05, 0) is 56.0 Å². The van der Waals surface area contributed by atoms with Gasteiger partial charge in [-0.15, -0.1) is 0 Å². The van der Waals surface area contributed by atoms with Gasteiger partial charge in [0.2, 0.25) is 10.0 Å². The van der Waals surface area contributed by atoms with Gasteiger partial charge in [0.15, 0.2) is 0 Å². The molecule has 2 aromatic rings. The molecular formula is C23H29ClN2O5S. The van der Waals surface area contributed by atoms with E-state index in [1.807, 2.05) is 19.9 Å². The fourth-order valence-corrected chi connectivity index (χ4v) is 5.98. The second-order valence-corrected chi connectivity index (χ2v) is 10.4. The number of hydrogen-bond acceptors (Lipinski definition) is 5. The number of piperidine rings is 1. The molecule has 2 unspecified atom stereocenters. The van der Waals surface area contributed by atoms with Crippen LogP contribution in [0.1, 0.15) is 48.7 Å². The normalized spacial score (nSPS) is 18.1. The smallest absolute Gasteiger partial charge is 0.251 e. The summed E-state index contributed by atoms with van der Waals surface area (Å²) < 4.78 is 38.5. The summed E-state index contributed by atoms with van der Waals surface area (Å²) in [5.74, 6) is 1.10. The molecule has 0 bridgehead atoms. The van der Waals surface area contributed by atoms with Crippen LogP contribution in [0.5, 0.6) is 11.5 Å². The molecule has 7 nitrogen and oxygen atoms in total. The van der Waals surface area contributed by atoms with Crippen molar-refractivity contribution in [2.24, 2.45) is 5.92 Å². The summed E-state index contributed by atoms with van der Waals surface area (Å²) in [5.41, 5.74) is 0.989. The van der Waals surface area contributed by atoms with E-state index in [-0.39, 0.29) is 27.4 Å². The van der Waals surface area contributed by atoms with Gasteiger partial charge in [-0.1, -0.05) is 18.5 Å². The van der Waals surface area contributed by atoms with Crippen LogP contribution >= 0.6 is 11.6 Å². The van der Waals surface area contributed by atoms with Gasteiger partial charge < -0.3 is 14.8 Å². The average Bonchev–Trinajstić information content (AvgIpc) is 2.78. The topological polar surface area (TPSA) is 84.9 Å². The van der Waals surface area contributed by atoms with E-state index in [9.17, 15) is 13.2 Å². The number of sulfonamides is 1. The predicted octanol–water partition coefficient (Wildman–Crippen LogP) is 4.27. The summed E-state index contributed by atoms with van der Waals surface area (Å²) in [6, 6.07) is 9.28. The lowest BCUT2D eigenvalue weighted by atomic mass is 10.0. The quantitative estimate of drug-likeness (QED) is 0.639. The van der Waals surface area contributed by atoms with Gasteiger partial charge in [-0.2, -0.15) is 4.31 Å². The summed E-state index contributed by atoms with van der Waals surface area (Å²) in [5, 5.41) is 3.00.